The average molecular weight is 292 g/mol. The van der Waals surface area contributed by atoms with Crippen LogP contribution in [0.15, 0.2) is 24.3 Å². The SMILES string of the molecule is CC1CCC(NC(=O)Nc2cccc(F)c2)(C(=N)N)CC1. The Morgan fingerprint density at radius 2 is 2.10 bits per heavy atom. The maximum Gasteiger partial charge on any atom is 0.320 e. The van der Waals surface area contributed by atoms with E-state index in [9.17, 15) is 9.18 Å². The van der Waals surface area contributed by atoms with Gasteiger partial charge in [0.05, 0.1) is 5.54 Å². The van der Waals surface area contributed by atoms with Gasteiger partial charge < -0.3 is 16.4 Å². The quantitative estimate of drug-likeness (QED) is 0.509. The largest absolute Gasteiger partial charge is 0.386 e. The number of hydrogen-bond donors (Lipinski definition) is 4. The molecule has 0 atom stereocenters. The van der Waals surface area contributed by atoms with Crippen LogP contribution >= 0.6 is 0 Å². The third kappa shape index (κ3) is 3.71. The second-order valence-electron chi connectivity index (χ2n) is 5.77. The van der Waals surface area contributed by atoms with Gasteiger partial charge in [-0.3, -0.25) is 5.41 Å². The molecular formula is C15H21FN4O. The van der Waals surface area contributed by atoms with Gasteiger partial charge in [0.25, 0.3) is 0 Å². The highest BCUT2D eigenvalue weighted by Crippen LogP contribution is 2.32. The molecular weight excluding hydrogens is 271 g/mol. The fourth-order valence-electron chi connectivity index (χ4n) is 2.66. The number of amidine groups is 1. The Kier molecular flexibility index (Phi) is 4.45. The molecule has 21 heavy (non-hydrogen) atoms. The van der Waals surface area contributed by atoms with Crippen LogP contribution in [0.2, 0.25) is 0 Å². The zero-order valence-corrected chi connectivity index (χ0v) is 12.1. The lowest BCUT2D eigenvalue weighted by atomic mass is 9.76. The molecule has 1 aliphatic rings. The average Bonchev–Trinajstić information content (AvgIpc) is 2.41. The van der Waals surface area contributed by atoms with Crippen LogP contribution in [-0.4, -0.2) is 17.4 Å². The van der Waals surface area contributed by atoms with Gasteiger partial charge in [-0.25, -0.2) is 9.18 Å². The highest BCUT2D eigenvalue weighted by Gasteiger charge is 2.38. The van der Waals surface area contributed by atoms with Gasteiger partial charge in [-0.1, -0.05) is 13.0 Å². The summed E-state index contributed by atoms with van der Waals surface area (Å²) in [6.07, 6.45) is 3.14. The Morgan fingerprint density at radius 3 is 2.67 bits per heavy atom. The monoisotopic (exact) mass is 292 g/mol. The number of carbonyl (C=O) groups excluding carboxylic acids is 1. The van der Waals surface area contributed by atoms with Crippen LogP contribution in [-0.2, 0) is 0 Å². The Morgan fingerprint density at radius 1 is 1.43 bits per heavy atom. The molecule has 1 aliphatic carbocycles. The fraction of sp³-hybridized carbons (Fsp3) is 0.467. The normalized spacial score (nSPS) is 25.1. The number of carbonyl (C=O) groups is 1. The minimum atomic E-state index is -0.788. The van der Waals surface area contributed by atoms with Crippen LogP contribution in [0.3, 0.4) is 0 Å². The summed E-state index contributed by atoms with van der Waals surface area (Å²) < 4.78 is 13.1. The van der Waals surface area contributed by atoms with Gasteiger partial charge in [0.15, 0.2) is 0 Å². The number of anilines is 1. The van der Waals surface area contributed by atoms with Crippen LogP contribution in [0.25, 0.3) is 0 Å². The second-order valence-corrected chi connectivity index (χ2v) is 5.77. The van der Waals surface area contributed by atoms with E-state index in [0.29, 0.717) is 24.4 Å². The molecule has 0 saturated heterocycles. The standard InChI is InChI=1S/C15H21FN4O/c1-10-5-7-15(8-6-10,13(17)18)20-14(21)19-12-4-2-3-11(16)9-12/h2-4,9-10H,5-8H2,1H3,(H3,17,18)(H2,19,20,21). The molecule has 0 spiro atoms. The van der Waals surface area contributed by atoms with Crippen molar-refractivity contribution < 1.29 is 9.18 Å². The van der Waals surface area contributed by atoms with E-state index >= 15 is 0 Å². The van der Waals surface area contributed by atoms with E-state index in [-0.39, 0.29) is 5.84 Å². The van der Waals surface area contributed by atoms with Crippen molar-refractivity contribution in [2.24, 2.45) is 11.7 Å². The lowest BCUT2D eigenvalue weighted by Gasteiger charge is -2.39. The van der Waals surface area contributed by atoms with E-state index in [2.05, 4.69) is 17.6 Å². The lowest BCUT2D eigenvalue weighted by molar-refractivity contribution is 0.225. The third-order valence-electron chi connectivity index (χ3n) is 4.08. The summed E-state index contributed by atoms with van der Waals surface area (Å²) in [4.78, 5) is 12.1. The first-order valence-electron chi connectivity index (χ1n) is 7.10. The van der Waals surface area contributed by atoms with Crippen LogP contribution in [0.5, 0.6) is 0 Å². The van der Waals surface area contributed by atoms with Crippen molar-refractivity contribution in [2.45, 2.75) is 38.1 Å². The number of nitrogens with two attached hydrogens (primary N) is 1. The summed E-state index contributed by atoms with van der Waals surface area (Å²) in [7, 11) is 0. The fourth-order valence-corrected chi connectivity index (χ4v) is 2.66. The molecule has 2 rings (SSSR count). The van der Waals surface area contributed by atoms with E-state index in [4.69, 9.17) is 11.1 Å². The van der Waals surface area contributed by atoms with Crippen molar-refractivity contribution in [3.05, 3.63) is 30.1 Å². The van der Waals surface area contributed by atoms with Gasteiger partial charge >= 0.3 is 6.03 Å². The Balaban J connectivity index is 2.04. The molecule has 0 aromatic heterocycles. The number of urea groups is 1. The topological polar surface area (TPSA) is 91.0 Å². The second kappa shape index (κ2) is 6.11. The number of rotatable bonds is 3. The van der Waals surface area contributed by atoms with Gasteiger partial charge in [0.1, 0.15) is 11.7 Å². The van der Waals surface area contributed by atoms with E-state index in [1.165, 1.54) is 18.2 Å². The number of amides is 2. The van der Waals surface area contributed by atoms with Gasteiger partial charge in [0.2, 0.25) is 0 Å². The molecule has 1 aromatic carbocycles. The zero-order valence-electron chi connectivity index (χ0n) is 12.1. The first-order chi connectivity index (χ1) is 9.91. The number of halogens is 1. The summed E-state index contributed by atoms with van der Waals surface area (Å²) in [6.45, 7) is 2.15. The highest BCUT2D eigenvalue weighted by molar-refractivity contribution is 5.96. The minimum absolute atomic E-state index is 0.0243. The first kappa shape index (κ1) is 15.3. The smallest absolute Gasteiger partial charge is 0.320 e. The molecule has 1 fully saturated rings. The summed E-state index contributed by atoms with van der Waals surface area (Å²) >= 11 is 0. The molecule has 0 bridgehead atoms. The maximum absolute atomic E-state index is 13.1. The first-order valence-corrected chi connectivity index (χ1v) is 7.10. The number of hydrogen-bond acceptors (Lipinski definition) is 2. The Bertz CT molecular complexity index is 538. The third-order valence-corrected chi connectivity index (χ3v) is 4.08. The van der Waals surface area contributed by atoms with Crippen LogP contribution in [0, 0.1) is 17.1 Å². The van der Waals surface area contributed by atoms with Crippen LogP contribution < -0.4 is 16.4 Å². The molecule has 0 aliphatic heterocycles. The molecule has 114 valence electrons. The van der Waals surface area contributed by atoms with Crippen molar-refractivity contribution in [1.82, 2.24) is 5.32 Å². The van der Waals surface area contributed by atoms with Gasteiger partial charge in [-0.15, -0.1) is 0 Å². The summed E-state index contributed by atoms with van der Waals surface area (Å²) in [5.41, 5.74) is 5.28. The Hall–Kier alpha value is -2.11. The minimum Gasteiger partial charge on any atom is -0.386 e. The molecule has 5 N–H and O–H groups in total. The summed E-state index contributed by atoms with van der Waals surface area (Å²) in [5.74, 6) is 0.134. The molecule has 0 unspecified atom stereocenters. The predicted octanol–water partition coefficient (Wildman–Crippen LogP) is 2.83. The maximum atomic E-state index is 13.1. The summed E-state index contributed by atoms with van der Waals surface area (Å²) in [5, 5.41) is 13.2. The predicted molar refractivity (Wildman–Crippen MR) is 80.8 cm³/mol. The van der Waals surface area contributed by atoms with Crippen LogP contribution in [0.1, 0.15) is 32.6 Å². The molecule has 0 radical (unpaired) electrons. The van der Waals surface area contributed by atoms with Crippen molar-refractivity contribution in [3.63, 3.8) is 0 Å². The highest BCUT2D eigenvalue weighted by atomic mass is 19.1. The van der Waals surface area contributed by atoms with Gasteiger partial charge in [-0.2, -0.15) is 0 Å². The zero-order chi connectivity index (χ0) is 15.5. The molecule has 5 nitrogen and oxygen atoms in total. The van der Waals surface area contributed by atoms with Crippen molar-refractivity contribution in [2.75, 3.05) is 5.32 Å². The Labute approximate surface area is 123 Å². The summed E-state index contributed by atoms with van der Waals surface area (Å²) in [6, 6.07) is 5.21. The van der Waals surface area contributed by atoms with E-state index in [1.807, 2.05) is 0 Å². The lowest BCUT2D eigenvalue weighted by Crippen LogP contribution is -2.59. The van der Waals surface area contributed by atoms with Crippen molar-refractivity contribution in [1.29, 1.82) is 5.41 Å². The number of benzene rings is 1. The molecule has 1 saturated carbocycles. The number of nitrogens with one attached hydrogen (secondary N) is 3. The molecule has 0 heterocycles. The molecule has 2 amide bonds. The van der Waals surface area contributed by atoms with Gasteiger partial charge in [0, 0.05) is 5.69 Å². The van der Waals surface area contributed by atoms with Crippen molar-refractivity contribution in [3.8, 4) is 0 Å². The van der Waals surface area contributed by atoms with E-state index < -0.39 is 17.4 Å². The molecule has 6 heteroatoms. The van der Waals surface area contributed by atoms with E-state index in [0.717, 1.165) is 12.8 Å². The van der Waals surface area contributed by atoms with Gasteiger partial charge in [-0.05, 0) is 49.8 Å². The van der Waals surface area contributed by atoms with E-state index in [1.54, 1.807) is 6.07 Å². The van der Waals surface area contributed by atoms with Crippen molar-refractivity contribution >= 4 is 17.6 Å². The van der Waals surface area contributed by atoms with Crippen LogP contribution in [0.4, 0.5) is 14.9 Å². The molecule has 1 aromatic rings.